The van der Waals surface area contributed by atoms with Gasteiger partial charge in [0, 0.05) is 18.1 Å². The highest BCUT2D eigenvalue weighted by atomic mass is 15.2. The summed E-state index contributed by atoms with van der Waals surface area (Å²) in [5.41, 5.74) is 0. The largest absolute Gasteiger partial charge is 0.314 e. The first-order chi connectivity index (χ1) is 8.11. The van der Waals surface area contributed by atoms with Crippen LogP contribution in [0.5, 0.6) is 0 Å². The van der Waals surface area contributed by atoms with E-state index in [0.717, 1.165) is 36.5 Å². The SMILES string of the molecule is CCNC(CC(C)C)C1CC2CCC(C1)N2C. The lowest BCUT2D eigenvalue weighted by Gasteiger charge is -2.40. The molecule has 0 aromatic rings. The van der Waals surface area contributed by atoms with Crippen LogP contribution in [-0.4, -0.2) is 36.6 Å². The minimum atomic E-state index is 0.761. The number of rotatable bonds is 5. The highest BCUT2D eigenvalue weighted by molar-refractivity contribution is 4.96. The molecule has 2 rings (SSSR count). The molecule has 2 nitrogen and oxygen atoms in total. The minimum absolute atomic E-state index is 0.761. The van der Waals surface area contributed by atoms with Crippen molar-refractivity contribution >= 4 is 0 Å². The number of hydrogen-bond acceptors (Lipinski definition) is 2. The van der Waals surface area contributed by atoms with Crippen molar-refractivity contribution in [1.29, 1.82) is 0 Å². The van der Waals surface area contributed by atoms with Crippen LogP contribution in [0.1, 0.15) is 52.9 Å². The lowest BCUT2D eigenvalue weighted by Crippen LogP contribution is -2.47. The molecule has 2 aliphatic heterocycles. The van der Waals surface area contributed by atoms with Crippen molar-refractivity contribution in [2.75, 3.05) is 13.6 Å². The average molecular weight is 238 g/mol. The van der Waals surface area contributed by atoms with Gasteiger partial charge < -0.3 is 10.2 Å². The highest BCUT2D eigenvalue weighted by Crippen LogP contribution is 2.39. The van der Waals surface area contributed by atoms with E-state index in [1.165, 1.54) is 32.1 Å². The van der Waals surface area contributed by atoms with Crippen LogP contribution in [0, 0.1) is 11.8 Å². The van der Waals surface area contributed by atoms with Crippen LogP contribution in [0.2, 0.25) is 0 Å². The fraction of sp³-hybridized carbons (Fsp3) is 1.00. The highest BCUT2D eigenvalue weighted by Gasteiger charge is 2.40. The van der Waals surface area contributed by atoms with Gasteiger partial charge in [0.05, 0.1) is 0 Å². The molecule has 0 amide bonds. The summed E-state index contributed by atoms with van der Waals surface area (Å²) < 4.78 is 0. The molecule has 3 unspecified atom stereocenters. The summed E-state index contributed by atoms with van der Waals surface area (Å²) >= 11 is 0. The van der Waals surface area contributed by atoms with Crippen molar-refractivity contribution < 1.29 is 0 Å². The molecule has 2 aliphatic rings. The van der Waals surface area contributed by atoms with Crippen LogP contribution in [-0.2, 0) is 0 Å². The van der Waals surface area contributed by atoms with Crippen LogP contribution >= 0.6 is 0 Å². The summed E-state index contributed by atoms with van der Waals surface area (Å²) in [4.78, 5) is 2.65. The molecule has 100 valence electrons. The number of hydrogen-bond donors (Lipinski definition) is 1. The van der Waals surface area contributed by atoms with Gasteiger partial charge in [0.1, 0.15) is 0 Å². The van der Waals surface area contributed by atoms with Crippen LogP contribution in [0.3, 0.4) is 0 Å². The fourth-order valence-electron chi connectivity index (χ4n) is 3.99. The summed E-state index contributed by atoms with van der Waals surface area (Å²) in [5, 5.41) is 3.75. The third-order valence-corrected chi connectivity index (χ3v) is 4.90. The predicted octanol–water partition coefficient (Wildman–Crippen LogP) is 2.88. The Labute approximate surface area is 107 Å². The van der Waals surface area contributed by atoms with Gasteiger partial charge in [-0.3, -0.25) is 0 Å². The maximum Gasteiger partial charge on any atom is 0.00989 e. The van der Waals surface area contributed by atoms with Gasteiger partial charge in [-0.25, -0.2) is 0 Å². The van der Waals surface area contributed by atoms with E-state index in [-0.39, 0.29) is 0 Å². The fourth-order valence-corrected chi connectivity index (χ4v) is 3.99. The Hall–Kier alpha value is -0.0800. The molecule has 2 heterocycles. The standard InChI is InChI=1S/C15H30N2/c1-5-16-15(8-11(2)3)12-9-13-6-7-14(10-12)17(13)4/h11-16H,5-10H2,1-4H3. The first kappa shape index (κ1) is 13.4. The Morgan fingerprint density at radius 2 is 1.76 bits per heavy atom. The Morgan fingerprint density at radius 3 is 2.24 bits per heavy atom. The van der Waals surface area contributed by atoms with Gasteiger partial charge in [-0.1, -0.05) is 20.8 Å². The third-order valence-electron chi connectivity index (χ3n) is 4.90. The van der Waals surface area contributed by atoms with Crippen LogP contribution < -0.4 is 5.32 Å². The van der Waals surface area contributed by atoms with Crippen molar-refractivity contribution in [2.24, 2.45) is 11.8 Å². The molecule has 17 heavy (non-hydrogen) atoms. The molecular formula is C15H30N2. The second-order valence-corrected chi connectivity index (χ2v) is 6.58. The molecular weight excluding hydrogens is 208 g/mol. The maximum absolute atomic E-state index is 3.75. The zero-order valence-electron chi connectivity index (χ0n) is 12.1. The predicted molar refractivity (Wildman–Crippen MR) is 74.2 cm³/mol. The normalized spacial score (nSPS) is 35.5. The van der Waals surface area contributed by atoms with Crippen molar-refractivity contribution in [2.45, 2.75) is 71.0 Å². The molecule has 3 atom stereocenters. The Balaban J connectivity index is 1.95. The second kappa shape index (κ2) is 5.71. The molecule has 0 aromatic heterocycles. The summed E-state index contributed by atoms with van der Waals surface area (Å²) in [7, 11) is 2.34. The molecule has 0 aromatic carbocycles. The van der Waals surface area contributed by atoms with Crippen molar-refractivity contribution in [3.63, 3.8) is 0 Å². The lowest BCUT2D eigenvalue weighted by atomic mass is 9.82. The van der Waals surface area contributed by atoms with Crippen molar-refractivity contribution in [1.82, 2.24) is 10.2 Å². The van der Waals surface area contributed by atoms with Gasteiger partial charge >= 0.3 is 0 Å². The maximum atomic E-state index is 3.75. The van der Waals surface area contributed by atoms with E-state index >= 15 is 0 Å². The first-order valence-corrected chi connectivity index (χ1v) is 7.57. The number of nitrogens with zero attached hydrogens (tertiary/aromatic N) is 1. The number of nitrogens with one attached hydrogen (secondary N) is 1. The van der Waals surface area contributed by atoms with Crippen molar-refractivity contribution in [3.05, 3.63) is 0 Å². The molecule has 2 heteroatoms. The summed E-state index contributed by atoms with van der Waals surface area (Å²) in [6.45, 7) is 8.08. The zero-order valence-corrected chi connectivity index (χ0v) is 12.1. The van der Waals surface area contributed by atoms with E-state index in [1.54, 1.807) is 0 Å². The molecule has 2 fully saturated rings. The molecule has 0 saturated carbocycles. The van der Waals surface area contributed by atoms with Gasteiger partial charge in [-0.15, -0.1) is 0 Å². The van der Waals surface area contributed by atoms with E-state index < -0.39 is 0 Å². The monoisotopic (exact) mass is 238 g/mol. The minimum Gasteiger partial charge on any atom is -0.314 e. The van der Waals surface area contributed by atoms with Gasteiger partial charge in [-0.2, -0.15) is 0 Å². The van der Waals surface area contributed by atoms with E-state index in [1.807, 2.05) is 0 Å². The van der Waals surface area contributed by atoms with Crippen LogP contribution in [0.15, 0.2) is 0 Å². The summed E-state index contributed by atoms with van der Waals surface area (Å²) in [5.74, 6) is 1.74. The zero-order chi connectivity index (χ0) is 12.4. The molecule has 0 aliphatic carbocycles. The van der Waals surface area contributed by atoms with Gasteiger partial charge in [0.2, 0.25) is 0 Å². The summed E-state index contributed by atoms with van der Waals surface area (Å²) in [6.07, 6.45) is 7.09. The quantitative estimate of drug-likeness (QED) is 0.792. The topological polar surface area (TPSA) is 15.3 Å². The second-order valence-electron chi connectivity index (χ2n) is 6.58. The van der Waals surface area contributed by atoms with Crippen molar-refractivity contribution in [3.8, 4) is 0 Å². The van der Waals surface area contributed by atoms with Gasteiger partial charge in [0.25, 0.3) is 0 Å². The number of fused-ring (bicyclic) bond motifs is 2. The molecule has 0 spiro atoms. The third kappa shape index (κ3) is 3.03. The molecule has 0 radical (unpaired) electrons. The van der Waals surface area contributed by atoms with E-state index in [2.05, 4.69) is 38.0 Å². The molecule has 2 saturated heterocycles. The smallest absolute Gasteiger partial charge is 0.00989 e. The van der Waals surface area contributed by atoms with Gasteiger partial charge in [-0.05, 0) is 57.5 Å². The molecule has 1 N–H and O–H groups in total. The van der Waals surface area contributed by atoms with Crippen LogP contribution in [0.25, 0.3) is 0 Å². The van der Waals surface area contributed by atoms with E-state index in [9.17, 15) is 0 Å². The number of piperidine rings is 1. The Kier molecular flexibility index (Phi) is 4.48. The molecule has 2 bridgehead atoms. The lowest BCUT2D eigenvalue weighted by molar-refractivity contribution is 0.107. The van der Waals surface area contributed by atoms with Gasteiger partial charge in [0.15, 0.2) is 0 Å². The summed E-state index contributed by atoms with van der Waals surface area (Å²) in [6, 6.07) is 2.52. The average Bonchev–Trinajstić information content (AvgIpc) is 2.52. The van der Waals surface area contributed by atoms with Crippen LogP contribution in [0.4, 0.5) is 0 Å². The van der Waals surface area contributed by atoms with E-state index in [0.29, 0.717) is 0 Å². The first-order valence-electron chi connectivity index (χ1n) is 7.57. The Morgan fingerprint density at radius 1 is 1.18 bits per heavy atom. The Bertz CT molecular complexity index is 225. The van der Waals surface area contributed by atoms with E-state index in [4.69, 9.17) is 0 Å².